The molecule has 4 aromatic carbocycles. The van der Waals surface area contributed by atoms with Crippen LogP contribution in [0.25, 0.3) is 0 Å². The highest BCUT2D eigenvalue weighted by Gasteiger charge is 2.10. The normalized spacial score (nSPS) is 10.2. The lowest BCUT2D eigenvalue weighted by Gasteiger charge is -2.17. The van der Waals surface area contributed by atoms with E-state index in [0.717, 1.165) is 45.4 Å². The minimum absolute atomic E-state index is 0.527. The highest BCUT2D eigenvalue weighted by Crippen LogP contribution is 2.31. The molecule has 176 valence electrons. The number of thiocarbonyl (C=S) groups is 2. The molecule has 35 heavy (non-hydrogen) atoms. The molecular formula is C28H26N4OS2. The molecule has 0 heterocycles. The molecule has 0 saturated carbocycles. The van der Waals surface area contributed by atoms with Crippen LogP contribution in [0.2, 0.25) is 0 Å². The summed E-state index contributed by atoms with van der Waals surface area (Å²) < 4.78 is 6.15. The second kappa shape index (κ2) is 11.5. The van der Waals surface area contributed by atoms with E-state index in [2.05, 4.69) is 21.3 Å². The van der Waals surface area contributed by atoms with Crippen molar-refractivity contribution in [3.63, 3.8) is 0 Å². The second-order valence-corrected chi connectivity index (χ2v) is 8.69. The van der Waals surface area contributed by atoms with E-state index in [4.69, 9.17) is 29.2 Å². The molecule has 0 amide bonds. The third-order valence-corrected chi connectivity index (χ3v) is 5.80. The van der Waals surface area contributed by atoms with Crippen LogP contribution in [-0.2, 0) is 0 Å². The Morgan fingerprint density at radius 1 is 0.543 bits per heavy atom. The van der Waals surface area contributed by atoms with Gasteiger partial charge >= 0.3 is 0 Å². The van der Waals surface area contributed by atoms with Crippen LogP contribution < -0.4 is 26.0 Å². The maximum absolute atomic E-state index is 6.15. The number of rotatable bonds is 6. The predicted molar refractivity (Wildman–Crippen MR) is 155 cm³/mol. The van der Waals surface area contributed by atoms with Crippen LogP contribution >= 0.6 is 24.4 Å². The van der Waals surface area contributed by atoms with Gasteiger partial charge in [0.05, 0.1) is 0 Å². The summed E-state index contributed by atoms with van der Waals surface area (Å²) in [5.74, 6) is 1.53. The maximum Gasteiger partial charge on any atom is 0.175 e. The first-order valence-electron chi connectivity index (χ1n) is 11.1. The SMILES string of the molecule is Cc1c(NC(=S)Nc2ccccc2)ccc(Oc2ccc(NC(=S)Nc3ccccc3)cc2)c1C. The van der Waals surface area contributed by atoms with Gasteiger partial charge in [-0.15, -0.1) is 0 Å². The van der Waals surface area contributed by atoms with Crippen molar-refractivity contribution < 1.29 is 4.74 Å². The number of ether oxygens (including phenoxy) is 1. The Kier molecular flexibility index (Phi) is 7.92. The second-order valence-electron chi connectivity index (χ2n) is 7.88. The van der Waals surface area contributed by atoms with Gasteiger partial charge in [0, 0.05) is 22.7 Å². The zero-order valence-corrected chi connectivity index (χ0v) is 21.1. The Labute approximate surface area is 216 Å². The molecule has 0 atom stereocenters. The molecule has 4 N–H and O–H groups in total. The number of para-hydroxylation sites is 2. The van der Waals surface area contributed by atoms with Gasteiger partial charge in [-0.2, -0.15) is 0 Å². The lowest BCUT2D eigenvalue weighted by molar-refractivity contribution is 0.478. The lowest BCUT2D eigenvalue weighted by atomic mass is 10.1. The van der Waals surface area contributed by atoms with Crippen molar-refractivity contribution in [3.05, 3.63) is 108 Å². The smallest absolute Gasteiger partial charge is 0.175 e. The molecule has 0 spiro atoms. The fourth-order valence-electron chi connectivity index (χ4n) is 3.40. The Hall–Kier alpha value is -3.94. The van der Waals surface area contributed by atoms with Crippen molar-refractivity contribution in [2.24, 2.45) is 0 Å². The molecular weight excluding hydrogens is 472 g/mol. The van der Waals surface area contributed by atoms with Crippen molar-refractivity contribution in [2.45, 2.75) is 13.8 Å². The van der Waals surface area contributed by atoms with Crippen LogP contribution in [-0.4, -0.2) is 10.2 Å². The Balaban J connectivity index is 1.36. The Morgan fingerprint density at radius 2 is 1.03 bits per heavy atom. The molecule has 4 rings (SSSR count). The molecule has 0 radical (unpaired) electrons. The van der Waals surface area contributed by atoms with E-state index in [9.17, 15) is 0 Å². The molecule has 4 aromatic rings. The van der Waals surface area contributed by atoms with Gasteiger partial charge in [-0.1, -0.05) is 36.4 Å². The number of nitrogens with one attached hydrogen (secondary N) is 4. The number of hydrogen-bond acceptors (Lipinski definition) is 3. The summed E-state index contributed by atoms with van der Waals surface area (Å²) in [7, 11) is 0. The van der Waals surface area contributed by atoms with Gasteiger partial charge in [-0.3, -0.25) is 0 Å². The van der Waals surface area contributed by atoms with Crippen LogP contribution in [0.1, 0.15) is 11.1 Å². The van der Waals surface area contributed by atoms with Gasteiger partial charge in [0.15, 0.2) is 10.2 Å². The van der Waals surface area contributed by atoms with E-state index in [1.54, 1.807) is 0 Å². The summed E-state index contributed by atoms with van der Waals surface area (Å²) >= 11 is 10.9. The van der Waals surface area contributed by atoms with Crippen molar-refractivity contribution >= 4 is 57.4 Å². The average molecular weight is 499 g/mol. The average Bonchev–Trinajstić information content (AvgIpc) is 2.86. The van der Waals surface area contributed by atoms with Gasteiger partial charge in [-0.25, -0.2) is 0 Å². The Bertz CT molecular complexity index is 1310. The van der Waals surface area contributed by atoms with Crippen molar-refractivity contribution in [2.75, 3.05) is 21.3 Å². The minimum Gasteiger partial charge on any atom is -0.457 e. The Morgan fingerprint density at radius 3 is 1.57 bits per heavy atom. The van der Waals surface area contributed by atoms with E-state index >= 15 is 0 Å². The van der Waals surface area contributed by atoms with Crippen LogP contribution in [0.3, 0.4) is 0 Å². The van der Waals surface area contributed by atoms with Crippen LogP contribution in [0.15, 0.2) is 97.1 Å². The molecule has 0 bridgehead atoms. The quantitative estimate of drug-likeness (QED) is 0.203. The van der Waals surface area contributed by atoms with E-state index in [0.29, 0.717) is 10.2 Å². The van der Waals surface area contributed by atoms with Gasteiger partial charge in [0.25, 0.3) is 0 Å². The molecule has 0 aliphatic heterocycles. The summed E-state index contributed by atoms with van der Waals surface area (Å²) in [4.78, 5) is 0. The van der Waals surface area contributed by atoms with Crippen LogP contribution in [0, 0.1) is 13.8 Å². The predicted octanol–water partition coefficient (Wildman–Crippen LogP) is 7.71. The highest BCUT2D eigenvalue weighted by molar-refractivity contribution is 7.81. The topological polar surface area (TPSA) is 57.4 Å². The number of anilines is 4. The van der Waals surface area contributed by atoms with Gasteiger partial charge in [0.1, 0.15) is 11.5 Å². The zero-order chi connectivity index (χ0) is 24.6. The largest absolute Gasteiger partial charge is 0.457 e. The van der Waals surface area contributed by atoms with Crippen molar-refractivity contribution in [3.8, 4) is 11.5 Å². The van der Waals surface area contributed by atoms with Crippen molar-refractivity contribution in [1.29, 1.82) is 0 Å². The van der Waals surface area contributed by atoms with Gasteiger partial charge < -0.3 is 26.0 Å². The molecule has 0 saturated heterocycles. The molecule has 5 nitrogen and oxygen atoms in total. The monoisotopic (exact) mass is 498 g/mol. The van der Waals surface area contributed by atoms with E-state index < -0.39 is 0 Å². The summed E-state index contributed by atoms with van der Waals surface area (Å²) in [5.41, 5.74) is 5.78. The van der Waals surface area contributed by atoms with Crippen LogP contribution in [0.5, 0.6) is 11.5 Å². The summed E-state index contributed by atoms with van der Waals surface area (Å²) in [6.07, 6.45) is 0. The maximum atomic E-state index is 6.15. The lowest BCUT2D eigenvalue weighted by Crippen LogP contribution is -2.19. The summed E-state index contributed by atoms with van der Waals surface area (Å²) in [6, 6.07) is 31.2. The van der Waals surface area contributed by atoms with E-state index in [-0.39, 0.29) is 0 Å². The fourth-order valence-corrected chi connectivity index (χ4v) is 3.86. The van der Waals surface area contributed by atoms with Gasteiger partial charge in [-0.05, 0) is 110 Å². The standard InChI is InChI=1S/C28H26N4OS2/c1-19-20(2)26(18-17-25(19)32-28(35)30-22-11-7-4-8-12-22)33-24-15-13-23(14-16-24)31-27(34)29-21-9-5-3-6-10-21/h3-18H,1-2H3,(H2,29,31,34)(H2,30,32,35). The van der Waals surface area contributed by atoms with E-state index in [1.807, 2.05) is 111 Å². The third-order valence-electron chi connectivity index (χ3n) is 5.39. The molecule has 0 fully saturated rings. The first-order chi connectivity index (χ1) is 17.0. The third kappa shape index (κ3) is 6.79. The first kappa shape index (κ1) is 24.2. The fraction of sp³-hybridized carbons (Fsp3) is 0.0714. The minimum atomic E-state index is 0.527. The molecule has 0 aliphatic rings. The molecule has 0 aliphatic carbocycles. The first-order valence-corrected chi connectivity index (χ1v) is 11.9. The van der Waals surface area contributed by atoms with Crippen LogP contribution in [0.4, 0.5) is 22.7 Å². The van der Waals surface area contributed by atoms with Crippen molar-refractivity contribution in [1.82, 2.24) is 0 Å². The number of hydrogen-bond donors (Lipinski definition) is 4. The number of benzene rings is 4. The van der Waals surface area contributed by atoms with Gasteiger partial charge in [0.2, 0.25) is 0 Å². The molecule has 0 unspecified atom stereocenters. The molecule has 7 heteroatoms. The molecule has 0 aromatic heterocycles. The summed E-state index contributed by atoms with van der Waals surface area (Å²) in [6.45, 7) is 4.08. The highest BCUT2D eigenvalue weighted by atomic mass is 32.1. The summed E-state index contributed by atoms with van der Waals surface area (Å²) in [5, 5.41) is 13.9. The van der Waals surface area contributed by atoms with E-state index in [1.165, 1.54) is 0 Å². The zero-order valence-electron chi connectivity index (χ0n) is 19.5.